The van der Waals surface area contributed by atoms with Crippen LogP contribution in [0.5, 0.6) is 5.75 Å². The number of carboxylic acid groups (broad SMARTS) is 1. The van der Waals surface area contributed by atoms with Gasteiger partial charge in [-0.2, -0.15) is 4.98 Å². The number of aliphatic carboxylic acids is 1. The molecule has 21 heavy (non-hydrogen) atoms. The Bertz CT molecular complexity index is 724. The molecule has 1 aromatic carbocycles. The Balaban J connectivity index is 2.10. The first-order valence-electron chi connectivity index (χ1n) is 6.10. The Morgan fingerprint density at radius 3 is 2.71 bits per heavy atom. The first kappa shape index (κ1) is 13.5. The van der Waals surface area contributed by atoms with Crippen LogP contribution in [0.4, 0.5) is 5.95 Å². The maximum absolute atomic E-state index is 11.2. The third-order valence-electron chi connectivity index (χ3n) is 3.09. The topological polar surface area (TPSA) is 100 Å². The van der Waals surface area contributed by atoms with Crippen LogP contribution >= 0.6 is 11.8 Å². The fourth-order valence-electron chi connectivity index (χ4n) is 2.09. The van der Waals surface area contributed by atoms with Gasteiger partial charge in [0.05, 0.1) is 0 Å². The molecule has 0 aliphatic carbocycles. The van der Waals surface area contributed by atoms with Crippen molar-refractivity contribution in [3.63, 3.8) is 0 Å². The SMILES string of the molecule is CSc1nc2n(n1)[C@@H](c1ccc(O)cc1)C=C(C(=O)O)N2. The third kappa shape index (κ3) is 2.45. The van der Waals surface area contributed by atoms with E-state index in [1.165, 1.54) is 11.8 Å². The van der Waals surface area contributed by atoms with E-state index >= 15 is 0 Å². The summed E-state index contributed by atoms with van der Waals surface area (Å²) < 4.78 is 1.63. The number of nitrogens with one attached hydrogen (secondary N) is 1. The summed E-state index contributed by atoms with van der Waals surface area (Å²) in [4.78, 5) is 15.5. The normalized spacial score (nSPS) is 16.8. The molecule has 0 spiro atoms. The van der Waals surface area contributed by atoms with Crippen LogP contribution in [0.15, 0.2) is 41.2 Å². The number of benzene rings is 1. The van der Waals surface area contributed by atoms with Gasteiger partial charge in [0.2, 0.25) is 11.1 Å². The number of fused-ring (bicyclic) bond motifs is 1. The molecular weight excluding hydrogens is 292 g/mol. The zero-order valence-corrected chi connectivity index (χ0v) is 11.8. The Morgan fingerprint density at radius 2 is 2.10 bits per heavy atom. The minimum Gasteiger partial charge on any atom is -0.508 e. The van der Waals surface area contributed by atoms with Crippen LogP contribution < -0.4 is 5.32 Å². The standard InChI is InChI=1S/C13H12N4O3S/c1-21-13-15-12-14-9(11(19)20)6-10(17(12)16-13)7-2-4-8(18)5-3-7/h2-6,10,18H,1H3,(H,19,20)(H,14,15,16)/t10-/m1/s1. The van der Waals surface area contributed by atoms with Gasteiger partial charge in [-0.3, -0.25) is 0 Å². The minimum absolute atomic E-state index is 0.0561. The number of carboxylic acids is 1. The number of phenols is 1. The number of hydrogen-bond donors (Lipinski definition) is 3. The molecule has 1 aromatic heterocycles. The number of carbonyl (C=O) groups is 1. The Labute approximate surface area is 124 Å². The van der Waals surface area contributed by atoms with E-state index in [4.69, 9.17) is 0 Å². The van der Waals surface area contributed by atoms with E-state index in [2.05, 4.69) is 15.4 Å². The van der Waals surface area contributed by atoms with E-state index in [9.17, 15) is 15.0 Å². The maximum Gasteiger partial charge on any atom is 0.352 e. The summed E-state index contributed by atoms with van der Waals surface area (Å²) in [7, 11) is 0. The monoisotopic (exact) mass is 304 g/mol. The van der Waals surface area contributed by atoms with Crippen molar-refractivity contribution in [2.24, 2.45) is 0 Å². The number of hydrogen-bond acceptors (Lipinski definition) is 6. The number of allylic oxidation sites excluding steroid dienone is 1. The lowest BCUT2D eigenvalue weighted by Gasteiger charge is -2.22. The second-order valence-corrected chi connectivity index (χ2v) is 5.19. The molecule has 8 heteroatoms. The van der Waals surface area contributed by atoms with Crippen molar-refractivity contribution >= 4 is 23.7 Å². The van der Waals surface area contributed by atoms with Gasteiger partial charge in [-0.05, 0) is 30.0 Å². The Hall–Kier alpha value is -2.48. The van der Waals surface area contributed by atoms with Crippen LogP contribution in [0.3, 0.4) is 0 Å². The number of anilines is 1. The van der Waals surface area contributed by atoms with Crippen molar-refractivity contribution in [1.29, 1.82) is 0 Å². The van der Waals surface area contributed by atoms with Crippen LogP contribution in [0.1, 0.15) is 11.6 Å². The molecule has 2 aromatic rings. The predicted octanol–water partition coefficient (Wildman–Crippen LogP) is 1.69. The molecule has 0 unspecified atom stereocenters. The summed E-state index contributed by atoms with van der Waals surface area (Å²) in [5.41, 5.74) is 0.868. The number of phenolic OH excluding ortho intramolecular Hbond substituents is 1. The van der Waals surface area contributed by atoms with E-state index in [-0.39, 0.29) is 17.5 Å². The van der Waals surface area contributed by atoms with E-state index in [1.807, 2.05) is 6.26 Å². The maximum atomic E-state index is 11.2. The molecule has 3 N–H and O–H groups in total. The van der Waals surface area contributed by atoms with E-state index in [0.717, 1.165) is 5.56 Å². The zero-order valence-electron chi connectivity index (χ0n) is 11.0. The molecule has 1 aliphatic heterocycles. The lowest BCUT2D eigenvalue weighted by atomic mass is 10.0. The number of aromatic nitrogens is 3. The van der Waals surface area contributed by atoms with Gasteiger partial charge in [0.25, 0.3) is 0 Å². The third-order valence-corrected chi connectivity index (χ3v) is 3.63. The summed E-state index contributed by atoms with van der Waals surface area (Å²) in [6.07, 6.45) is 3.42. The molecule has 108 valence electrons. The highest BCUT2D eigenvalue weighted by Gasteiger charge is 2.26. The van der Waals surface area contributed by atoms with Crippen molar-refractivity contribution < 1.29 is 15.0 Å². The molecule has 0 fully saturated rings. The molecule has 0 amide bonds. The molecule has 7 nitrogen and oxygen atoms in total. The van der Waals surface area contributed by atoms with E-state index in [1.54, 1.807) is 35.0 Å². The molecule has 2 heterocycles. The van der Waals surface area contributed by atoms with Crippen molar-refractivity contribution in [3.05, 3.63) is 41.6 Å². The quantitative estimate of drug-likeness (QED) is 0.742. The highest BCUT2D eigenvalue weighted by Crippen LogP contribution is 2.30. The first-order chi connectivity index (χ1) is 10.1. The average molecular weight is 304 g/mol. The lowest BCUT2D eigenvalue weighted by molar-refractivity contribution is -0.132. The van der Waals surface area contributed by atoms with Gasteiger partial charge >= 0.3 is 5.97 Å². The summed E-state index contributed by atoms with van der Waals surface area (Å²) in [5.74, 6) is -0.519. The van der Waals surface area contributed by atoms with Crippen molar-refractivity contribution in [2.45, 2.75) is 11.2 Å². The zero-order chi connectivity index (χ0) is 15.0. The highest BCUT2D eigenvalue weighted by molar-refractivity contribution is 7.98. The van der Waals surface area contributed by atoms with Crippen molar-refractivity contribution in [2.75, 3.05) is 11.6 Å². The number of nitrogens with zero attached hydrogens (tertiary/aromatic N) is 3. The molecule has 0 radical (unpaired) electrons. The molecule has 0 bridgehead atoms. The highest BCUT2D eigenvalue weighted by atomic mass is 32.2. The van der Waals surface area contributed by atoms with Gasteiger partial charge in [-0.15, -0.1) is 5.10 Å². The summed E-state index contributed by atoms with van der Waals surface area (Å²) in [5, 5.41) is 26.2. The fourth-order valence-corrected chi connectivity index (χ4v) is 2.44. The van der Waals surface area contributed by atoms with Gasteiger partial charge in [0.15, 0.2) is 0 Å². The predicted molar refractivity (Wildman–Crippen MR) is 77.4 cm³/mol. The smallest absolute Gasteiger partial charge is 0.352 e. The molecular formula is C13H12N4O3S. The number of rotatable bonds is 3. The van der Waals surface area contributed by atoms with Gasteiger partial charge in [0, 0.05) is 0 Å². The van der Waals surface area contributed by atoms with Gasteiger partial charge in [0.1, 0.15) is 17.5 Å². The van der Waals surface area contributed by atoms with Crippen molar-refractivity contribution in [1.82, 2.24) is 14.8 Å². The Kier molecular flexibility index (Phi) is 3.30. The first-order valence-corrected chi connectivity index (χ1v) is 7.32. The minimum atomic E-state index is -1.06. The van der Waals surface area contributed by atoms with E-state index < -0.39 is 5.97 Å². The number of aromatic hydroxyl groups is 1. The second-order valence-electron chi connectivity index (χ2n) is 4.41. The van der Waals surface area contributed by atoms with Crippen LogP contribution in [0, 0.1) is 0 Å². The van der Waals surface area contributed by atoms with Gasteiger partial charge in [-0.25, -0.2) is 9.48 Å². The van der Waals surface area contributed by atoms with Crippen LogP contribution in [0.25, 0.3) is 0 Å². The van der Waals surface area contributed by atoms with Crippen LogP contribution in [-0.4, -0.2) is 37.2 Å². The fraction of sp³-hybridized carbons (Fsp3) is 0.154. The molecule has 0 saturated carbocycles. The average Bonchev–Trinajstić information content (AvgIpc) is 2.90. The molecule has 1 aliphatic rings. The van der Waals surface area contributed by atoms with Gasteiger partial charge < -0.3 is 15.5 Å². The largest absolute Gasteiger partial charge is 0.508 e. The van der Waals surface area contributed by atoms with Crippen LogP contribution in [-0.2, 0) is 4.79 Å². The summed E-state index contributed by atoms with van der Waals surface area (Å²) in [6, 6.07) is 6.17. The summed E-state index contributed by atoms with van der Waals surface area (Å²) >= 11 is 1.38. The van der Waals surface area contributed by atoms with E-state index in [0.29, 0.717) is 11.1 Å². The molecule has 1 atom stereocenters. The second kappa shape index (κ2) is 5.13. The van der Waals surface area contributed by atoms with Gasteiger partial charge in [-0.1, -0.05) is 23.9 Å². The Morgan fingerprint density at radius 1 is 1.38 bits per heavy atom. The van der Waals surface area contributed by atoms with Crippen LogP contribution in [0.2, 0.25) is 0 Å². The lowest BCUT2D eigenvalue weighted by Crippen LogP contribution is -2.24. The molecule has 0 saturated heterocycles. The molecule has 3 rings (SSSR count). The summed E-state index contributed by atoms with van der Waals surface area (Å²) in [6.45, 7) is 0. The van der Waals surface area contributed by atoms with Crippen molar-refractivity contribution in [3.8, 4) is 5.75 Å². The number of thioether (sulfide) groups is 1.